The molecule has 3 aromatic rings. The minimum atomic E-state index is -1.16. The van der Waals surface area contributed by atoms with Crippen LogP contribution in [0.25, 0.3) is 0 Å². The van der Waals surface area contributed by atoms with E-state index in [4.69, 9.17) is 27.9 Å². The Balaban J connectivity index is 1.49. The summed E-state index contributed by atoms with van der Waals surface area (Å²) >= 11 is 12.1. The van der Waals surface area contributed by atoms with E-state index in [2.05, 4.69) is 15.6 Å². The van der Waals surface area contributed by atoms with Crippen molar-refractivity contribution in [3.05, 3.63) is 88.0 Å². The Morgan fingerprint density at radius 1 is 1.00 bits per heavy atom. The SMILES string of the molecule is O=C(N[C@@H](Cc1ccc(OCCCNc2ccccn2)cc1)C(=O)O)c1c(Cl)cccc1Cl. The molecule has 0 unspecified atom stereocenters. The second-order valence-electron chi connectivity index (χ2n) is 7.15. The van der Waals surface area contributed by atoms with Crippen molar-refractivity contribution in [2.45, 2.75) is 18.9 Å². The van der Waals surface area contributed by atoms with Crippen LogP contribution in [0.1, 0.15) is 22.3 Å². The quantitative estimate of drug-likeness (QED) is 0.339. The maximum absolute atomic E-state index is 12.5. The van der Waals surface area contributed by atoms with Crippen molar-refractivity contribution in [1.29, 1.82) is 0 Å². The van der Waals surface area contributed by atoms with Gasteiger partial charge in [0.2, 0.25) is 0 Å². The first kappa shape index (κ1) is 24.4. The Hall–Kier alpha value is -3.29. The number of benzene rings is 2. The number of hydrogen-bond donors (Lipinski definition) is 3. The number of anilines is 1. The molecule has 1 aromatic heterocycles. The smallest absolute Gasteiger partial charge is 0.326 e. The number of amides is 1. The van der Waals surface area contributed by atoms with Gasteiger partial charge in [-0.25, -0.2) is 9.78 Å². The molecule has 0 aliphatic rings. The van der Waals surface area contributed by atoms with Crippen LogP contribution in [-0.4, -0.2) is 41.2 Å². The molecule has 0 bridgehead atoms. The van der Waals surface area contributed by atoms with Crippen LogP contribution in [0.15, 0.2) is 66.9 Å². The number of carboxylic acids is 1. The number of aliphatic carboxylic acids is 1. The predicted octanol–water partition coefficient (Wildman–Crippen LogP) is 4.70. The molecule has 0 saturated heterocycles. The topological polar surface area (TPSA) is 101 Å². The summed E-state index contributed by atoms with van der Waals surface area (Å²) in [6.07, 6.45) is 2.61. The number of nitrogens with zero attached hydrogens (tertiary/aromatic N) is 1. The number of halogens is 2. The fourth-order valence-electron chi connectivity index (χ4n) is 3.05. The first-order chi connectivity index (χ1) is 15.9. The minimum absolute atomic E-state index is 0.0494. The zero-order chi connectivity index (χ0) is 23.6. The summed E-state index contributed by atoms with van der Waals surface area (Å²) in [5, 5.41) is 15.6. The largest absolute Gasteiger partial charge is 0.494 e. The molecular weight excluding hydrogens is 465 g/mol. The monoisotopic (exact) mass is 487 g/mol. The van der Waals surface area contributed by atoms with Crippen molar-refractivity contribution in [3.63, 3.8) is 0 Å². The van der Waals surface area contributed by atoms with Gasteiger partial charge in [-0.3, -0.25) is 4.79 Å². The van der Waals surface area contributed by atoms with Crippen molar-refractivity contribution in [3.8, 4) is 5.75 Å². The van der Waals surface area contributed by atoms with E-state index < -0.39 is 17.9 Å². The van der Waals surface area contributed by atoms with Gasteiger partial charge in [-0.2, -0.15) is 0 Å². The lowest BCUT2D eigenvalue weighted by Crippen LogP contribution is -2.42. The molecule has 33 heavy (non-hydrogen) atoms. The third-order valence-electron chi connectivity index (χ3n) is 4.72. The van der Waals surface area contributed by atoms with E-state index in [-0.39, 0.29) is 22.0 Å². The second kappa shape index (κ2) is 12.1. The standard InChI is InChI=1S/C24H23Cl2N3O4/c25-18-5-3-6-19(26)22(18)23(30)29-20(24(31)32)15-16-8-10-17(11-9-16)33-14-4-13-28-21-7-1-2-12-27-21/h1-3,5-12,20H,4,13-15H2,(H,27,28)(H,29,30)(H,31,32)/t20-/m0/s1. The van der Waals surface area contributed by atoms with Gasteiger partial charge >= 0.3 is 5.97 Å². The zero-order valence-corrected chi connectivity index (χ0v) is 19.1. The van der Waals surface area contributed by atoms with Crippen LogP contribution in [0.3, 0.4) is 0 Å². The molecule has 9 heteroatoms. The van der Waals surface area contributed by atoms with Gasteiger partial charge in [0.1, 0.15) is 17.6 Å². The van der Waals surface area contributed by atoms with Gasteiger partial charge in [0, 0.05) is 19.2 Å². The number of carbonyl (C=O) groups excluding carboxylic acids is 1. The highest BCUT2D eigenvalue weighted by Gasteiger charge is 2.23. The van der Waals surface area contributed by atoms with Crippen molar-refractivity contribution in [2.24, 2.45) is 0 Å². The van der Waals surface area contributed by atoms with Gasteiger partial charge < -0.3 is 20.5 Å². The van der Waals surface area contributed by atoms with Gasteiger partial charge in [-0.05, 0) is 48.4 Å². The lowest BCUT2D eigenvalue weighted by molar-refractivity contribution is -0.139. The highest BCUT2D eigenvalue weighted by Crippen LogP contribution is 2.24. The predicted molar refractivity (Wildman–Crippen MR) is 128 cm³/mol. The van der Waals surface area contributed by atoms with Gasteiger partial charge in [0.25, 0.3) is 5.91 Å². The third-order valence-corrected chi connectivity index (χ3v) is 5.35. The van der Waals surface area contributed by atoms with Crippen LogP contribution in [0, 0.1) is 0 Å². The number of rotatable bonds is 11. The Kier molecular flexibility index (Phi) is 8.92. The Labute approximate surface area is 201 Å². The average molecular weight is 488 g/mol. The first-order valence-corrected chi connectivity index (χ1v) is 11.0. The molecule has 1 amide bonds. The molecule has 0 aliphatic heterocycles. The molecule has 7 nitrogen and oxygen atoms in total. The molecule has 0 fully saturated rings. The van der Waals surface area contributed by atoms with Crippen molar-refractivity contribution in [2.75, 3.05) is 18.5 Å². The van der Waals surface area contributed by atoms with Crippen LogP contribution < -0.4 is 15.4 Å². The highest BCUT2D eigenvalue weighted by molar-refractivity contribution is 6.39. The molecule has 1 heterocycles. The molecule has 1 atom stereocenters. The molecule has 3 rings (SSSR count). The van der Waals surface area contributed by atoms with E-state index in [0.717, 1.165) is 24.3 Å². The number of pyridine rings is 1. The van der Waals surface area contributed by atoms with Crippen LogP contribution in [0.5, 0.6) is 5.75 Å². The number of carboxylic acid groups (broad SMARTS) is 1. The number of hydrogen-bond acceptors (Lipinski definition) is 5. The lowest BCUT2D eigenvalue weighted by atomic mass is 10.1. The number of aromatic nitrogens is 1. The lowest BCUT2D eigenvalue weighted by Gasteiger charge is -2.16. The number of ether oxygens (including phenoxy) is 1. The minimum Gasteiger partial charge on any atom is -0.494 e. The van der Waals surface area contributed by atoms with E-state index in [9.17, 15) is 14.7 Å². The molecule has 0 aliphatic carbocycles. The van der Waals surface area contributed by atoms with E-state index in [1.54, 1.807) is 36.5 Å². The summed E-state index contributed by atoms with van der Waals surface area (Å²) < 4.78 is 5.72. The maximum atomic E-state index is 12.5. The summed E-state index contributed by atoms with van der Waals surface area (Å²) in [5.41, 5.74) is 0.783. The highest BCUT2D eigenvalue weighted by atomic mass is 35.5. The van der Waals surface area contributed by atoms with E-state index in [1.165, 1.54) is 12.1 Å². The molecule has 2 aromatic carbocycles. The van der Waals surface area contributed by atoms with Crippen LogP contribution >= 0.6 is 23.2 Å². The summed E-state index contributed by atoms with van der Waals surface area (Å²) in [6.45, 7) is 1.25. The van der Waals surface area contributed by atoms with Crippen molar-refractivity contribution < 1.29 is 19.4 Å². The van der Waals surface area contributed by atoms with E-state index in [1.807, 2.05) is 18.2 Å². The molecule has 0 radical (unpaired) electrons. The van der Waals surface area contributed by atoms with Crippen molar-refractivity contribution >= 4 is 40.9 Å². The van der Waals surface area contributed by atoms with Gasteiger partial charge in [0.15, 0.2) is 0 Å². The van der Waals surface area contributed by atoms with Crippen LogP contribution in [0.2, 0.25) is 10.0 Å². The zero-order valence-electron chi connectivity index (χ0n) is 17.6. The van der Waals surface area contributed by atoms with E-state index in [0.29, 0.717) is 12.4 Å². The fourth-order valence-corrected chi connectivity index (χ4v) is 3.62. The molecule has 0 spiro atoms. The average Bonchev–Trinajstić information content (AvgIpc) is 2.80. The molecular formula is C24H23Cl2N3O4. The van der Waals surface area contributed by atoms with Crippen molar-refractivity contribution in [1.82, 2.24) is 10.3 Å². The fraction of sp³-hybridized carbons (Fsp3) is 0.208. The molecule has 172 valence electrons. The summed E-state index contributed by atoms with van der Waals surface area (Å²) in [7, 11) is 0. The Bertz CT molecular complexity index is 1060. The maximum Gasteiger partial charge on any atom is 0.326 e. The Morgan fingerprint density at radius 2 is 1.73 bits per heavy atom. The first-order valence-electron chi connectivity index (χ1n) is 10.3. The molecule has 3 N–H and O–H groups in total. The Morgan fingerprint density at radius 3 is 2.36 bits per heavy atom. The van der Waals surface area contributed by atoms with Gasteiger partial charge in [0.05, 0.1) is 22.2 Å². The van der Waals surface area contributed by atoms with Crippen LogP contribution in [-0.2, 0) is 11.2 Å². The number of nitrogens with one attached hydrogen (secondary N) is 2. The second-order valence-corrected chi connectivity index (χ2v) is 7.97. The summed E-state index contributed by atoms with van der Waals surface area (Å²) in [4.78, 5) is 28.4. The summed E-state index contributed by atoms with van der Waals surface area (Å²) in [5.74, 6) is -0.307. The summed E-state index contributed by atoms with van der Waals surface area (Å²) in [6, 6.07) is 16.3. The van der Waals surface area contributed by atoms with Crippen LogP contribution in [0.4, 0.5) is 5.82 Å². The van der Waals surface area contributed by atoms with Gasteiger partial charge in [-0.15, -0.1) is 0 Å². The number of carbonyl (C=O) groups is 2. The third kappa shape index (κ3) is 7.37. The normalized spacial score (nSPS) is 11.5. The molecule has 0 saturated carbocycles. The van der Waals surface area contributed by atoms with Gasteiger partial charge in [-0.1, -0.05) is 47.5 Å². The van der Waals surface area contributed by atoms with E-state index >= 15 is 0 Å².